The molecule has 1 aliphatic carbocycles. The molecule has 0 saturated heterocycles. The van der Waals surface area contributed by atoms with Gasteiger partial charge in [0.15, 0.2) is 23.1 Å². The van der Waals surface area contributed by atoms with Gasteiger partial charge in [0, 0.05) is 31.4 Å². The number of para-hydroxylation sites is 1. The van der Waals surface area contributed by atoms with Crippen molar-refractivity contribution in [3.63, 3.8) is 0 Å². The molecule has 3 N–H and O–H groups in total. The maximum absolute atomic E-state index is 12.4. The number of aromatic nitrogens is 4. The highest BCUT2D eigenvalue weighted by Crippen LogP contribution is 2.37. The number of methoxy groups -OCH3 is 1. The lowest BCUT2D eigenvalue weighted by atomic mass is 10.1. The van der Waals surface area contributed by atoms with Gasteiger partial charge in [0.2, 0.25) is 5.91 Å². The number of rotatable bonds is 9. The molecule has 0 bridgehead atoms. The SMILES string of the molecule is CCOC(=O)c1cnc(-c2cccc(Nc3cc(NC(=O)C4CC4)nnc3C(=O)NC)c2OC)nc1. The molecule has 12 nitrogen and oxygen atoms in total. The molecule has 0 atom stereocenters. The van der Waals surface area contributed by atoms with Gasteiger partial charge in [-0.2, -0.15) is 0 Å². The Labute approximate surface area is 206 Å². The first-order valence-corrected chi connectivity index (χ1v) is 11.3. The van der Waals surface area contributed by atoms with E-state index in [1.807, 2.05) is 0 Å². The second-order valence-electron chi connectivity index (χ2n) is 7.86. The zero-order chi connectivity index (χ0) is 25.7. The Bertz CT molecular complexity index is 1290. The van der Waals surface area contributed by atoms with Gasteiger partial charge in [-0.25, -0.2) is 14.8 Å². The number of hydrogen-bond acceptors (Lipinski definition) is 10. The predicted molar refractivity (Wildman–Crippen MR) is 130 cm³/mol. The first-order valence-electron chi connectivity index (χ1n) is 11.3. The average molecular weight is 492 g/mol. The Kier molecular flexibility index (Phi) is 7.33. The summed E-state index contributed by atoms with van der Waals surface area (Å²) in [6, 6.07) is 6.79. The quantitative estimate of drug-likeness (QED) is 0.380. The van der Waals surface area contributed by atoms with Crippen molar-refractivity contribution >= 4 is 35.0 Å². The van der Waals surface area contributed by atoms with Crippen LogP contribution in [-0.2, 0) is 9.53 Å². The van der Waals surface area contributed by atoms with Crippen LogP contribution in [0.25, 0.3) is 11.4 Å². The third kappa shape index (κ3) is 5.37. The van der Waals surface area contributed by atoms with Crippen LogP contribution in [0.5, 0.6) is 5.75 Å². The summed E-state index contributed by atoms with van der Waals surface area (Å²) in [6.07, 6.45) is 4.44. The van der Waals surface area contributed by atoms with Crippen molar-refractivity contribution < 1.29 is 23.9 Å². The predicted octanol–water partition coefficient (Wildman–Crippen LogP) is 2.57. The number of anilines is 3. The molecule has 1 aromatic carbocycles. The number of carbonyl (C=O) groups excluding carboxylic acids is 3. The summed E-state index contributed by atoms with van der Waals surface area (Å²) >= 11 is 0. The number of carbonyl (C=O) groups is 3. The number of hydrogen-bond donors (Lipinski definition) is 3. The largest absolute Gasteiger partial charge is 0.494 e. The average Bonchev–Trinajstić information content (AvgIpc) is 3.74. The maximum atomic E-state index is 12.4. The number of nitrogens with zero attached hydrogens (tertiary/aromatic N) is 4. The molecule has 186 valence electrons. The Hall–Kier alpha value is -4.61. The van der Waals surface area contributed by atoms with Crippen LogP contribution in [0.3, 0.4) is 0 Å². The molecule has 0 aliphatic heterocycles. The van der Waals surface area contributed by atoms with Crippen molar-refractivity contribution in [1.82, 2.24) is 25.5 Å². The van der Waals surface area contributed by atoms with Crippen molar-refractivity contribution in [2.45, 2.75) is 19.8 Å². The number of benzene rings is 1. The van der Waals surface area contributed by atoms with E-state index in [9.17, 15) is 14.4 Å². The molecule has 1 saturated carbocycles. The van der Waals surface area contributed by atoms with Crippen molar-refractivity contribution in [3.8, 4) is 17.1 Å². The molecular formula is C24H25N7O5. The Balaban J connectivity index is 1.67. The molecule has 3 aromatic rings. The normalized spacial score (nSPS) is 12.4. The number of nitrogens with one attached hydrogen (secondary N) is 3. The molecule has 2 heterocycles. The van der Waals surface area contributed by atoms with Crippen molar-refractivity contribution in [2.75, 3.05) is 31.4 Å². The highest BCUT2D eigenvalue weighted by Gasteiger charge is 2.30. The maximum Gasteiger partial charge on any atom is 0.341 e. The Morgan fingerprint density at radius 3 is 2.47 bits per heavy atom. The fraction of sp³-hybridized carbons (Fsp3) is 0.292. The number of esters is 1. The topological polar surface area (TPSA) is 157 Å². The highest BCUT2D eigenvalue weighted by molar-refractivity contribution is 6.00. The lowest BCUT2D eigenvalue weighted by molar-refractivity contribution is -0.117. The molecule has 36 heavy (non-hydrogen) atoms. The van der Waals surface area contributed by atoms with Gasteiger partial charge in [-0.15, -0.1) is 10.2 Å². The van der Waals surface area contributed by atoms with Gasteiger partial charge < -0.3 is 25.4 Å². The summed E-state index contributed by atoms with van der Waals surface area (Å²) in [5, 5.41) is 16.4. The van der Waals surface area contributed by atoms with Crippen molar-refractivity contribution in [1.29, 1.82) is 0 Å². The van der Waals surface area contributed by atoms with Crippen LogP contribution in [0.4, 0.5) is 17.2 Å². The molecular weight excluding hydrogens is 466 g/mol. The van der Waals surface area contributed by atoms with Gasteiger partial charge >= 0.3 is 5.97 Å². The molecule has 12 heteroatoms. The molecule has 2 amide bonds. The lowest BCUT2D eigenvalue weighted by Crippen LogP contribution is -2.22. The van der Waals surface area contributed by atoms with Gasteiger partial charge in [-0.3, -0.25) is 9.59 Å². The first kappa shape index (κ1) is 24.5. The Morgan fingerprint density at radius 2 is 1.83 bits per heavy atom. The van der Waals surface area contributed by atoms with Gasteiger partial charge in [0.05, 0.1) is 36.2 Å². The fourth-order valence-electron chi connectivity index (χ4n) is 3.37. The summed E-state index contributed by atoms with van der Waals surface area (Å²) in [6.45, 7) is 1.96. The van der Waals surface area contributed by atoms with E-state index in [-0.39, 0.29) is 35.5 Å². The van der Waals surface area contributed by atoms with E-state index in [4.69, 9.17) is 9.47 Å². The lowest BCUT2D eigenvalue weighted by Gasteiger charge is -2.16. The van der Waals surface area contributed by atoms with Crippen LogP contribution in [0.2, 0.25) is 0 Å². The molecule has 1 aliphatic rings. The summed E-state index contributed by atoms with van der Waals surface area (Å²) in [7, 11) is 2.97. The van der Waals surface area contributed by atoms with Crippen LogP contribution in [-0.4, -0.2) is 58.7 Å². The standard InChI is InChI=1S/C24H25N7O5/c1-4-36-24(34)14-11-26-21(27-12-14)15-6-5-7-16(20(15)35-3)28-17-10-18(29-22(32)13-8-9-13)30-31-19(17)23(33)25-2/h5-7,10-13H,4,8-9H2,1-3H3,(H,25,33)(H2,28,29,30,32). The second kappa shape index (κ2) is 10.8. The van der Waals surface area contributed by atoms with E-state index >= 15 is 0 Å². The summed E-state index contributed by atoms with van der Waals surface area (Å²) in [5.74, 6) is -0.194. The van der Waals surface area contributed by atoms with Crippen LogP contribution in [0.15, 0.2) is 36.7 Å². The summed E-state index contributed by atoms with van der Waals surface area (Å²) in [4.78, 5) is 45.1. The summed E-state index contributed by atoms with van der Waals surface area (Å²) < 4.78 is 10.6. The minimum Gasteiger partial charge on any atom is -0.494 e. The van der Waals surface area contributed by atoms with Crippen molar-refractivity contribution in [2.24, 2.45) is 5.92 Å². The Morgan fingerprint density at radius 1 is 1.08 bits per heavy atom. The molecule has 1 fully saturated rings. The van der Waals surface area contributed by atoms with E-state index in [2.05, 4.69) is 36.1 Å². The summed E-state index contributed by atoms with van der Waals surface area (Å²) in [5.41, 5.74) is 1.61. The van der Waals surface area contributed by atoms with Crippen LogP contribution < -0.4 is 20.7 Å². The van der Waals surface area contributed by atoms with Gasteiger partial charge in [-0.1, -0.05) is 6.07 Å². The minimum atomic E-state index is -0.511. The van der Waals surface area contributed by atoms with Crippen LogP contribution >= 0.6 is 0 Å². The number of ether oxygens (including phenoxy) is 2. The van der Waals surface area contributed by atoms with E-state index in [1.54, 1.807) is 25.1 Å². The van der Waals surface area contributed by atoms with E-state index in [0.29, 0.717) is 28.5 Å². The molecule has 4 rings (SSSR count). The smallest absolute Gasteiger partial charge is 0.341 e. The van der Waals surface area contributed by atoms with Crippen LogP contribution in [0.1, 0.15) is 40.6 Å². The number of amides is 2. The van der Waals surface area contributed by atoms with Gasteiger partial charge in [-0.05, 0) is 31.9 Å². The molecule has 2 aromatic heterocycles. The third-order valence-electron chi connectivity index (χ3n) is 5.33. The second-order valence-corrected chi connectivity index (χ2v) is 7.86. The van der Waals surface area contributed by atoms with E-state index in [0.717, 1.165) is 12.8 Å². The molecule has 0 unspecified atom stereocenters. The van der Waals surface area contributed by atoms with E-state index in [1.165, 1.54) is 32.6 Å². The van der Waals surface area contributed by atoms with E-state index < -0.39 is 11.9 Å². The van der Waals surface area contributed by atoms with Gasteiger partial charge in [0.1, 0.15) is 0 Å². The third-order valence-corrected chi connectivity index (χ3v) is 5.33. The van der Waals surface area contributed by atoms with Gasteiger partial charge in [0.25, 0.3) is 5.91 Å². The monoisotopic (exact) mass is 491 g/mol. The molecule has 0 radical (unpaired) electrons. The van der Waals surface area contributed by atoms with Crippen LogP contribution in [0, 0.1) is 5.92 Å². The minimum absolute atomic E-state index is 0.0196. The highest BCUT2D eigenvalue weighted by atomic mass is 16.5. The molecule has 0 spiro atoms. The zero-order valence-electron chi connectivity index (χ0n) is 20.0. The zero-order valence-corrected chi connectivity index (χ0v) is 20.0. The van der Waals surface area contributed by atoms with Crippen molar-refractivity contribution in [3.05, 3.63) is 47.9 Å². The fourth-order valence-corrected chi connectivity index (χ4v) is 3.37. The first-order chi connectivity index (χ1) is 17.4.